The van der Waals surface area contributed by atoms with Crippen LogP contribution in [0, 0.1) is 5.82 Å². The Bertz CT molecular complexity index is 749. The summed E-state index contributed by atoms with van der Waals surface area (Å²) in [6.07, 6.45) is 3.01. The first-order valence-electron chi connectivity index (χ1n) is 9.24. The lowest BCUT2D eigenvalue weighted by Crippen LogP contribution is -2.23. The number of carbonyl (C=O) groups is 1. The molecule has 0 saturated carbocycles. The fourth-order valence-electron chi connectivity index (χ4n) is 2.84. The summed E-state index contributed by atoms with van der Waals surface area (Å²) < 4.78 is 15.8. The minimum Gasteiger partial charge on any atom is -0.323 e. The van der Waals surface area contributed by atoms with E-state index in [9.17, 15) is 9.18 Å². The van der Waals surface area contributed by atoms with E-state index in [1.54, 1.807) is 18.2 Å². The van der Waals surface area contributed by atoms with Crippen LogP contribution >= 0.6 is 11.8 Å². The fourth-order valence-corrected chi connectivity index (χ4v) is 3.61. The average Bonchev–Trinajstić information content (AvgIpc) is 3.03. The van der Waals surface area contributed by atoms with Crippen molar-refractivity contribution in [2.24, 2.45) is 0 Å². The van der Waals surface area contributed by atoms with E-state index in [-0.39, 0.29) is 23.4 Å². The number of rotatable bonds is 10. The van der Waals surface area contributed by atoms with Crippen molar-refractivity contribution in [1.29, 1.82) is 0 Å². The van der Waals surface area contributed by atoms with E-state index in [2.05, 4.69) is 38.8 Å². The van der Waals surface area contributed by atoms with Crippen molar-refractivity contribution in [1.82, 2.24) is 19.7 Å². The van der Waals surface area contributed by atoms with Crippen molar-refractivity contribution in [3.05, 3.63) is 35.9 Å². The van der Waals surface area contributed by atoms with Crippen LogP contribution in [0.3, 0.4) is 0 Å². The van der Waals surface area contributed by atoms with Crippen molar-refractivity contribution in [2.45, 2.75) is 50.9 Å². The second-order valence-corrected chi connectivity index (χ2v) is 7.49. The Morgan fingerprint density at radius 3 is 2.67 bits per heavy atom. The molecule has 1 heterocycles. The first-order chi connectivity index (χ1) is 13.0. The molecule has 6 nitrogen and oxygen atoms in total. The van der Waals surface area contributed by atoms with E-state index < -0.39 is 5.82 Å². The molecule has 8 heteroatoms. The van der Waals surface area contributed by atoms with Crippen LogP contribution in [-0.2, 0) is 11.3 Å². The summed E-state index contributed by atoms with van der Waals surface area (Å²) in [5.41, 5.74) is 0.190. The standard InChI is InChI=1S/C19H28FN5OS/c1-5-7-12-25-18(16(6-2)24(3)4)22-23-19(25)27-13-17(26)21-15-11-9-8-10-14(15)20/h8-11,16H,5-7,12-13H2,1-4H3,(H,21,26)/t16-/m0/s1. The molecule has 2 rings (SSSR count). The lowest BCUT2D eigenvalue weighted by atomic mass is 10.2. The quantitative estimate of drug-likeness (QED) is 0.619. The number of hydrogen-bond acceptors (Lipinski definition) is 5. The maximum Gasteiger partial charge on any atom is 0.234 e. The minimum atomic E-state index is -0.444. The molecule has 1 aromatic heterocycles. The van der Waals surface area contributed by atoms with Gasteiger partial charge in [-0.15, -0.1) is 10.2 Å². The highest BCUT2D eigenvalue weighted by Crippen LogP contribution is 2.26. The Balaban J connectivity index is 2.09. The van der Waals surface area contributed by atoms with Gasteiger partial charge >= 0.3 is 0 Å². The molecule has 2 aromatic rings. The largest absolute Gasteiger partial charge is 0.323 e. The van der Waals surface area contributed by atoms with E-state index >= 15 is 0 Å². The van der Waals surface area contributed by atoms with Crippen molar-refractivity contribution >= 4 is 23.4 Å². The molecule has 0 bridgehead atoms. The van der Waals surface area contributed by atoms with E-state index in [1.165, 1.54) is 17.8 Å². The number of benzene rings is 1. The smallest absolute Gasteiger partial charge is 0.234 e. The summed E-state index contributed by atoms with van der Waals surface area (Å²) in [5, 5.41) is 12.0. The molecule has 0 radical (unpaired) electrons. The molecule has 1 aromatic carbocycles. The molecule has 0 unspecified atom stereocenters. The van der Waals surface area contributed by atoms with Crippen molar-refractivity contribution in [3.63, 3.8) is 0 Å². The fraction of sp³-hybridized carbons (Fsp3) is 0.526. The number of halogens is 1. The van der Waals surface area contributed by atoms with Crippen molar-refractivity contribution in [2.75, 3.05) is 25.2 Å². The molecule has 0 spiro atoms. The Hall–Kier alpha value is -1.93. The third-order valence-electron chi connectivity index (χ3n) is 4.27. The molecule has 0 aliphatic rings. The van der Waals surface area contributed by atoms with Gasteiger partial charge in [-0.05, 0) is 39.1 Å². The molecular weight excluding hydrogens is 365 g/mol. The first kappa shape index (κ1) is 21.4. The van der Waals surface area contributed by atoms with Crippen LogP contribution in [0.15, 0.2) is 29.4 Å². The van der Waals surface area contributed by atoms with Crippen LogP contribution in [0.4, 0.5) is 10.1 Å². The highest BCUT2D eigenvalue weighted by atomic mass is 32.2. The van der Waals surface area contributed by atoms with E-state index in [4.69, 9.17) is 0 Å². The number of nitrogens with zero attached hydrogens (tertiary/aromatic N) is 4. The zero-order valence-electron chi connectivity index (χ0n) is 16.4. The molecule has 0 saturated heterocycles. The van der Waals surface area contributed by atoms with E-state index in [0.717, 1.165) is 36.8 Å². The lowest BCUT2D eigenvalue weighted by molar-refractivity contribution is -0.113. The van der Waals surface area contributed by atoms with Crippen LogP contribution < -0.4 is 5.32 Å². The Labute approximate surface area is 164 Å². The number of aromatic nitrogens is 3. The number of thioether (sulfide) groups is 1. The maximum absolute atomic E-state index is 13.7. The zero-order chi connectivity index (χ0) is 19.8. The first-order valence-corrected chi connectivity index (χ1v) is 10.2. The van der Waals surface area contributed by atoms with Gasteiger partial charge in [-0.3, -0.25) is 9.69 Å². The van der Waals surface area contributed by atoms with Crippen LogP contribution in [0.25, 0.3) is 0 Å². The number of anilines is 1. The van der Waals surface area contributed by atoms with Crippen molar-refractivity contribution in [3.8, 4) is 0 Å². The van der Waals surface area contributed by atoms with Gasteiger partial charge in [0.05, 0.1) is 17.5 Å². The van der Waals surface area contributed by atoms with Gasteiger partial charge in [0.2, 0.25) is 5.91 Å². The number of carbonyl (C=O) groups excluding carboxylic acids is 1. The molecule has 0 aliphatic carbocycles. The molecular formula is C19H28FN5OS. The van der Waals surface area contributed by atoms with Gasteiger partial charge in [0, 0.05) is 6.54 Å². The molecule has 0 aliphatic heterocycles. The number of unbranched alkanes of at least 4 members (excludes halogenated alkanes) is 1. The SMILES string of the molecule is CCCCn1c(SCC(=O)Nc2ccccc2F)nnc1[C@H](CC)N(C)C. The average molecular weight is 394 g/mol. The second-order valence-electron chi connectivity index (χ2n) is 6.55. The molecule has 1 amide bonds. The summed E-state index contributed by atoms with van der Waals surface area (Å²) in [6.45, 7) is 5.08. The molecule has 1 atom stereocenters. The molecule has 148 valence electrons. The summed E-state index contributed by atoms with van der Waals surface area (Å²) in [4.78, 5) is 14.3. The van der Waals surface area contributed by atoms with Crippen molar-refractivity contribution < 1.29 is 9.18 Å². The van der Waals surface area contributed by atoms with Gasteiger partial charge in [-0.2, -0.15) is 0 Å². The van der Waals surface area contributed by atoms with E-state index in [1.807, 2.05) is 14.1 Å². The second kappa shape index (κ2) is 10.4. The van der Waals surface area contributed by atoms with Gasteiger partial charge in [-0.25, -0.2) is 4.39 Å². The predicted octanol–water partition coefficient (Wildman–Crippen LogP) is 3.96. The van der Waals surface area contributed by atoms with Gasteiger partial charge in [-0.1, -0.05) is 44.2 Å². The maximum atomic E-state index is 13.7. The molecule has 27 heavy (non-hydrogen) atoms. The monoisotopic (exact) mass is 393 g/mol. The van der Waals surface area contributed by atoms with Gasteiger partial charge in [0.1, 0.15) is 5.82 Å². The topological polar surface area (TPSA) is 63.1 Å². The third-order valence-corrected chi connectivity index (χ3v) is 5.24. The Morgan fingerprint density at radius 2 is 2.04 bits per heavy atom. The van der Waals surface area contributed by atoms with Crippen LogP contribution in [-0.4, -0.2) is 45.4 Å². The number of amides is 1. The van der Waals surface area contributed by atoms with Crippen LogP contribution in [0.5, 0.6) is 0 Å². The summed E-state index contributed by atoms with van der Waals surface area (Å²) in [5.74, 6) is 0.363. The Morgan fingerprint density at radius 1 is 1.30 bits per heavy atom. The van der Waals surface area contributed by atoms with Gasteiger partial charge in [0.15, 0.2) is 11.0 Å². The molecule has 1 N–H and O–H groups in total. The van der Waals surface area contributed by atoms with Crippen LogP contribution in [0.1, 0.15) is 45.0 Å². The molecule has 0 fully saturated rings. The summed E-state index contributed by atoms with van der Waals surface area (Å²) in [6, 6.07) is 6.32. The summed E-state index contributed by atoms with van der Waals surface area (Å²) >= 11 is 1.33. The van der Waals surface area contributed by atoms with Gasteiger partial charge < -0.3 is 9.88 Å². The predicted molar refractivity (Wildman–Crippen MR) is 107 cm³/mol. The third kappa shape index (κ3) is 5.77. The number of nitrogens with one attached hydrogen (secondary N) is 1. The highest BCUT2D eigenvalue weighted by Gasteiger charge is 2.22. The Kier molecular flexibility index (Phi) is 8.24. The van der Waals surface area contributed by atoms with Gasteiger partial charge in [0.25, 0.3) is 0 Å². The lowest BCUT2D eigenvalue weighted by Gasteiger charge is -2.23. The minimum absolute atomic E-state index is 0.150. The van der Waals surface area contributed by atoms with E-state index in [0.29, 0.717) is 0 Å². The summed E-state index contributed by atoms with van der Waals surface area (Å²) in [7, 11) is 4.06. The zero-order valence-corrected chi connectivity index (χ0v) is 17.2. The number of para-hydroxylation sites is 1. The number of hydrogen-bond donors (Lipinski definition) is 1. The highest BCUT2D eigenvalue weighted by molar-refractivity contribution is 7.99. The normalized spacial score (nSPS) is 12.4. The van der Waals surface area contributed by atoms with Crippen LogP contribution in [0.2, 0.25) is 0 Å².